The van der Waals surface area contributed by atoms with E-state index in [1.54, 1.807) is 11.1 Å². The summed E-state index contributed by atoms with van der Waals surface area (Å²) >= 11 is 0. The molecule has 2 aliphatic rings. The van der Waals surface area contributed by atoms with Crippen LogP contribution in [0, 0.1) is 5.92 Å². The van der Waals surface area contributed by atoms with Crippen LogP contribution in [0.25, 0.3) is 0 Å². The van der Waals surface area contributed by atoms with Crippen molar-refractivity contribution in [3.8, 4) is 0 Å². The van der Waals surface area contributed by atoms with E-state index >= 15 is 0 Å². The van der Waals surface area contributed by atoms with Gasteiger partial charge in [0.25, 0.3) is 0 Å². The normalized spacial score (nSPS) is 24.1. The Balaban J connectivity index is 2.27. The first kappa shape index (κ1) is 10.5. The van der Waals surface area contributed by atoms with Gasteiger partial charge in [-0.15, -0.1) is 0 Å². The van der Waals surface area contributed by atoms with Gasteiger partial charge in [-0.25, -0.2) is 0 Å². The molecule has 0 N–H and O–H groups in total. The van der Waals surface area contributed by atoms with Crippen molar-refractivity contribution in [1.29, 1.82) is 0 Å². The molecule has 0 amide bonds. The highest BCUT2D eigenvalue weighted by molar-refractivity contribution is 5.47. The maximum Gasteiger partial charge on any atom is 0.00586 e. The molecule has 0 saturated heterocycles. The van der Waals surface area contributed by atoms with Crippen LogP contribution in [-0.4, -0.2) is 0 Å². The quantitative estimate of drug-likeness (QED) is 0.626. The average Bonchev–Trinajstić information content (AvgIpc) is 2.28. The highest BCUT2D eigenvalue weighted by atomic mass is 14.2. The third-order valence-electron chi connectivity index (χ3n) is 3.41. The minimum absolute atomic E-state index is 0.658. The Morgan fingerprint density at radius 3 is 3.00 bits per heavy atom. The van der Waals surface area contributed by atoms with Gasteiger partial charge in [-0.05, 0) is 37.3 Å². The monoisotopic (exact) mass is 200 g/mol. The maximum absolute atomic E-state index is 2.41. The van der Waals surface area contributed by atoms with E-state index in [1.165, 1.54) is 31.3 Å². The first-order valence-electron chi connectivity index (χ1n) is 6.08. The second kappa shape index (κ2) is 4.65. The molecule has 0 bridgehead atoms. The number of fused-ring (bicyclic) bond motifs is 1. The zero-order valence-electron chi connectivity index (χ0n) is 9.79. The van der Waals surface area contributed by atoms with Crippen molar-refractivity contribution in [1.82, 2.24) is 0 Å². The lowest BCUT2D eigenvalue weighted by Crippen LogP contribution is -2.10. The predicted octanol–water partition coefficient (Wildman–Crippen LogP) is 4.57. The predicted molar refractivity (Wildman–Crippen MR) is 66.7 cm³/mol. The Hall–Kier alpha value is -1.04. The summed E-state index contributed by atoms with van der Waals surface area (Å²) in [6.07, 6.45) is 16.5. The molecule has 1 unspecified atom stereocenters. The van der Waals surface area contributed by atoms with Crippen LogP contribution in [0.5, 0.6) is 0 Å². The fraction of sp³-hybridized carbons (Fsp3) is 0.467. The molecule has 0 heterocycles. The van der Waals surface area contributed by atoms with E-state index in [0.29, 0.717) is 5.92 Å². The summed E-state index contributed by atoms with van der Waals surface area (Å²) in [7, 11) is 0. The van der Waals surface area contributed by atoms with Crippen LogP contribution in [0.15, 0.2) is 47.1 Å². The summed E-state index contributed by atoms with van der Waals surface area (Å²) in [5.74, 6) is 0.658. The second-order valence-electron chi connectivity index (χ2n) is 4.51. The second-order valence-corrected chi connectivity index (χ2v) is 4.51. The van der Waals surface area contributed by atoms with Gasteiger partial charge < -0.3 is 0 Å². The van der Waals surface area contributed by atoms with E-state index in [4.69, 9.17) is 0 Å². The molecule has 2 aliphatic carbocycles. The topological polar surface area (TPSA) is 0 Å². The van der Waals surface area contributed by atoms with Gasteiger partial charge in [0.15, 0.2) is 0 Å². The molecule has 1 atom stereocenters. The van der Waals surface area contributed by atoms with Gasteiger partial charge >= 0.3 is 0 Å². The summed E-state index contributed by atoms with van der Waals surface area (Å²) < 4.78 is 0. The van der Waals surface area contributed by atoms with Gasteiger partial charge in [-0.2, -0.15) is 0 Å². The molecule has 15 heavy (non-hydrogen) atoms. The zero-order valence-corrected chi connectivity index (χ0v) is 9.79. The molecule has 0 radical (unpaired) electrons. The van der Waals surface area contributed by atoms with E-state index in [2.05, 4.69) is 44.2 Å². The van der Waals surface area contributed by atoms with Crippen molar-refractivity contribution in [2.24, 2.45) is 5.92 Å². The first-order chi connectivity index (χ1) is 7.33. The van der Waals surface area contributed by atoms with Gasteiger partial charge in [-0.1, -0.05) is 49.3 Å². The van der Waals surface area contributed by atoms with Crippen molar-refractivity contribution < 1.29 is 0 Å². The van der Waals surface area contributed by atoms with Gasteiger partial charge in [0.1, 0.15) is 0 Å². The summed E-state index contributed by atoms with van der Waals surface area (Å²) in [6.45, 7) is 4.53. The molecule has 0 aliphatic heterocycles. The molecular formula is C15H20. The lowest BCUT2D eigenvalue weighted by atomic mass is 9.79. The third kappa shape index (κ3) is 2.14. The van der Waals surface area contributed by atoms with Crippen LogP contribution in [0.2, 0.25) is 0 Å². The minimum atomic E-state index is 0.658. The van der Waals surface area contributed by atoms with E-state index in [0.717, 1.165) is 0 Å². The lowest BCUT2D eigenvalue weighted by molar-refractivity contribution is 0.717. The van der Waals surface area contributed by atoms with Gasteiger partial charge in [0, 0.05) is 5.92 Å². The summed E-state index contributed by atoms with van der Waals surface area (Å²) in [6, 6.07) is 0. The zero-order chi connectivity index (χ0) is 10.7. The summed E-state index contributed by atoms with van der Waals surface area (Å²) in [4.78, 5) is 0. The fourth-order valence-electron chi connectivity index (χ4n) is 2.46. The summed E-state index contributed by atoms with van der Waals surface area (Å²) in [5.41, 5.74) is 4.69. The van der Waals surface area contributed by atoms with Crippen LogP contribution < -0.4 is 0 Å². The summed E-state index contributed by atoms with van der Waals surface area (Å²) in [5, 5.41) is 0. The highest BCUT2D eigenvalue weighted by Gasteiger charge is 2.19. The Bertz CT molecular complexity index is 350. The molecule has 0 nitrogen and oxygen atoms in total. The molecule has 0 fully saturated rings. The molecule has 0 aromatic heterocycles. The third-order valence-corrected chi connectivity index (χ3v) is 3.41. The largest absolute Gasteiger partial charge is 0.0804 e. The van der Waals surface area contributed by atoms with Gasteiger partial charge in [0.2, 0.25) is 0 Å². The van der Waals surface area contributed by atoms with Crippen molar-refractivity contribution in [3.05, 3.63) is 47.1 Å². The van der Waals surface area contributed by atoms with E-state index in [9.17, 15) is 0 Å². The van der Waals surface area contributed by atoms with E-state index < -0.39 is 0 Å². The SMILES string of the molecule is CCCCC1=C2C=CC=CC2CC=C1C. The molecule has 0 aromatic carbocycles. The maximum atomic E-state index is 2.41. The Morgan fingerprint density at radius 1 is 1.33 bits per heavy atom. The van der Waals surface area contributed by atoms with Gasteiger partial charge in [0.05, 0.1) is 0 Å². The molecule has 0 saturated carbocycles. The molecular weight excluding hydrogens is 180 g/mol. The van der Waals surface area contributed by atoms with Crippen LogP contribution in [0.1, 0.15) is 39.5 Å². The van der Waals surface area contributed by atoms with Crippen LogP contribution in [0.3, 0.4) is 0 Å². The molecule has 0 spiro atoms. The van der Waals surface area contributed by atoms with E-state index in [-0.39, 0.29) is 0 Å². The highest BCUT2D eigenvalue weighted by Crippen LogP contribution is 2.35. The lowest BCUT2D eigenvalue weighted by Gasteiger charge is -2.25. The molecule has 2 rings (SSSR count). The molecule has 80 valence electrons. The first-order valence-corrected chi connectivity index (χ1v) is 6.08. The Morgan fingerprint density at radius 2 is 2.20 bits per heavy atom. The molecule has 0 aromatic rings. The van der Waals surface area contributed by atoms with E-state index in [1.807, 2.05) is 0 Å². The van der Waals surface area contributed by atoms with Crippen LogP contribution in [-0.2, 0) is 0 Å². The molecule has 0 heteroatoms. The number of rotatable bonds is 3. The van der Waals surface area contributed by atoms with Crippen molar-refractivity contribution in [3.63, 3.8) is 0 Å². The number of hydrogen-bond donors (Lipinski definition) is 0. The van der Waals surface area contributed by atoms with Crippen LogP contribution >= 0.6 is 0 Å². The number of allylic oxidation sites excluding steroid dienone is 8. The smallest absolute Gasteiger partial charge is 0.00586 e. The standard InChI is InChI=1S/C15H20/c1-3-4-8-14-12(2)10-11-13-7-5-6-9-15(13)14/h5-7,9-10,13H,3-4,8,11H2,1-2H3. The Labute approximate surface area is 93.1 Å². The van der Waals surface area contributed by atoms with Crippen molar-refractivity contribution in [2.45, 2.75) is 39.5 Å². The van der Waals surface area contributed by atoms with Gasteiger partial charge in [-0.3, -0.25) is 0 Å². The van der Waals surface area contributed by atoms with Crippen LogP contribution in [0.4, 0.5) is 0 Å². The minimum Gasteiger partial charge on any atom is -0.0804 e. The van der Waals surface area contributed by atoms with Crippen molar-refractivity contribution >= 4 is 0 Å². The number of unbranched alkanes of at least 4 members (excludes halogenated alkanes) is 1. The van der Waals surface area contributed by atoms with Crippen molar-refractivity contribution in [2.75, 3.05) is 0 Å². The number of hydrogen-bond acceptors (Lipinski definition) is 0. The Kier molecular flexibility index (Phi) is 3.25. The average molecular weight is 200 g/mol. The fourth-order valence-corrected chi connectivity index (χ4v) is 2.46.